The molecule has 0 radical (unpaired) electrons. The number of hydrogen-bond acceptors (Lipinski definition) is 4. The SMILES string of the molecule is Nc1ccccc1Nc1nc2ccc(-c3ccc4[nH]ccc4c3)cn2n1. The predicted octanol–water partition coefficient (Wildman–Crippen LogP) is 4.20. The lowest BCUT2D eigenvalue weighted by atomic mass is 10.1. The van der Waals surface area contributed by atoms with E-state index in [9.17, 15) is 0 Å². The fourth-order valence-electron chi connectivity index (χ4n) is 3.07. The molecule has 5 rings (SSSR count). The Morgan fingerprint density at radius 2 is 1.85 bits per heavy atom. The first-order valence-corrected chi connectivity index (χ1v) is 8.32. The van der Waals surface area contributed by atoms with Crippen LogP contribution in [-0.4, -0.2) is 19.6 Å². The zero-order valence-corrected chi connectivity index (χ0v) is 13.8. The molecule has 6 heteroatoms. The Kier molecular flexibility index (Phi) is 3.15. The number of fused-ring (bicyclic) bond motifs is 2. The quantitative estimate of drug-likeness (QED) is 0.430. The van der Waals surface area contributed by atoms with Gasteiger partial charge in [0.1, 0.15) is 0 Å². The van der Waals surface area contributed by atoms with Gasteiger partial charge >= 0.3 is 0 Å². The van der Waals surface area contributed by atoms with E-state index in [0.717, 1.165) is 28.0 Å². The summed E-state index contributed by atoms with van der Waals surface area (Å²) in [5.74, 6) is 0.515. The zero-order chi connectivity index (χ0) is 17.5. The zero-order valence-electron chi connectivity index (χ0n) is 13.8. The summed E-state index contributed by atoms with van der Waals surface area (Å²) in [6.07, 6.45) is 3.93. The van der Waals surface area contributed by atoms with Crippen molar-refractivity contribution in [2.75, 3.05) is 11.1 Å². The molecular formula is C20H16N6. The molecule has 0 aliphatic heterocycles. The van der Waals surface area contributed by atoms with E-state index in [1.807, 2.05) is 42.7 Å². The van der Waals surface area contributed by atoms with Crippen molar-refractivity contribution in [2.24, 2.45) is 0 Å². The molecule has 0 bridgehead atoms. The van der Waals surface area contributed by atoms with Crippen molar-refractivity contribution < 1.29 is 0 Å². The van der Waals surface area contributed by atoms with E-state index in [1.54, 1.807) is 4.52 Å². The third-order valence-corrected chi connectivity index (χ3v) is 4.42. The van der Waals surface area contributed by atoms with Gasteiger partial charge in [0.2, 0.25) is 5.95 Å². The fourth-order valence-corrected chi connectivity index (χ4v) is 3.07. The van der Waals surface area contributed by atoms with Gasteiger partial charge in [0.25, 0.3) is 0 Å². The Labute approximate surface area is 149 Å². The van der Waals surface area contributed by atoms with Crippen LogP contribution in [0.15, 0.2) is 73.1 Å². The van der Waals surface area contributed by atoms with Crippen LogP contribution in [-0.2, 0) is 0 Å². The van der Waals surface area contributed by atoms with Crippen LogP contribution in [0.25, 0.3) is 27.7 Å². The van der Waals surface area contributed by atoms with Gasteiger partial charge in [-0.25, -0.2) is 4.52 Å². The van der Waals surface area contributed by atoms with Crippen molar-refractivity contribution in [3.8, 4) is 11.1 Å². The highest BCUT2D eigenvalue weighted by Gasteiger charge is 2.07. The van der Waals surface area contributed by atoms with Crippen molar-refractivity contribution in [3.63, 3.8) is 0 Å². The van der Waals surface area contributed by atoms with Crippen LogP contribution in [0.3, 0.4) is 0 Å². The molecule has 6 nitrogen and oxygen atoms in total. The second-order valence-electron chi connectivity index (χ2n) is 6.15. The summed E-state index contributed by atoms with van der Waals surface area (Å²) in [6, 6.07) is 20.0. The second-order valence-corrected chi connectivity index (χ2v) is 6.15. The van der Waals surface area contributed by atoms with E-state index in [2.05, 4.69) is 50.7 Å². The molecular weight excluding hydrogens is 324 g/mol. The Bertz CT molecular complexity index is 1230. The van der Waals surface area contributed by atoms with Crippen molar-refractivity contribution >= 4 is 33.9 Å². The summed E-state index contributed by atoms with van der Waals surface area (Å²) in [4.78, 5) is 7.72. The first-order valence-electron chi connectivity index (χ1n) is 8.32. The lowest BCUT2D eigenvalue weighted by Crippen LogP contribution is -1.97. The van der Waals surface area contributed by atoms with Gasteiger partial charge in [-0.1, -0.05) is 18.2 Å². The van der Waals surface area contributed by atoms with Gasteiger partial charge in [-0.2, -0.15) is 4.98 Å². The topological polar surface area (TPSA) is 84.0 Å². The van der Waals surface area contributed by atoms with E-state index in [0.29, 0.717) is 11.6 Å². The van der Waals surface area contributed by atoms with Crippen LogP contribution in [0.2, 0.25) is 0 Å². The number of nitrogens with two attached hydrogens (primary N) is 1. The minimum Gasteiger partial charge on any atom is -0.397 e. The van der Waals surface area contributed by atoms with Gasteiger partial charge in [0.15, 0.2) is 5.65 Å². The lowest BCUT2D eigenvalue weighted by molar-refractivity contribution is 0.967. The first-order chi connectivity index (χ1) is 12.8. The Hall–Kier alpha value is -3.80. The molecule has 26 heavy (non-hydrogen) atoms. The predicted molar refractivity (Wildman–Crippen MR) is 104 cm³/mol. The molecule has 0 fully saturated rings. The van der Waals surface area contributed by atoms with Crippen LogP contribution in [0, 0.1) is 0 Å². The largest absolute Gasteiger partial charge is 0.397 e. The molecule has 2 aromatic carbocycles. The average molecular weight is 340 g/mol. The molecule has 0 amide bonds. The molecule has 0 aliphatic rings. The van der Waals surface area contributed by atoms with Crippen molar-refractivity contribution in [2.45, 2.75) is 0 Å². The van der Waals surface area contributed by atoms with Gasteiger partial charge in [-0.05, 0) is 53.4 Å². The molecule has 4 N–H and O–H groups in total. The van der Waals surface area contributed by atoms with Crippen molar-refractivity contribution in [1.82, 2.24) is 19.6 Å². The number of anilines is 3. The van der Waals surface area contributed by atoms with Crippen molar-refractivity contribution in [3.05, 3.63) is 73.1 Å². The van der Waals surface area contributed by atoms with E-state index in [-0.39, 0.29) is 0 Å². The molecule has 0 spiro atoms. The number of rotatable bonds is 3. The molecule has 0 aliphatic carbocycles. The maximum absolute atomic E-state index is 5.97. The van der Waals surface area contributed by atoms with Gasteiger partial charge in [0.05, 0.1) is 11.4 Å². The van der Waals surface area contributed by atoms with Crippen molar-refractivity contribution in [1.29, 1.82) is 0 Å². The van der Waals surface area contributed by atoms with Gasteiger partial charge in [-0.15, -0.1) is 5.10 Å². The molecule has 0 saturated heterocycles. The molecule has 0 atom stereocenters. The fraction of sp³-hybridized carbons (Fsp3) is 0. The maximum atomic E-state index is 5.97. The van der Waals surface area contributed by atoms with Gasteiger partial charge in [-0.3, -0.25) is 0 Å². The highest BCUT2D eigenvalue weighted by atomic mass is 15.3. The normalized spacial score (nSPS) is 11.2. The maximum Gasteiger partial charge on any atom is 0.247 e. The van der Waals surface area contributed by atoms with Gasteiger partial charge < -0.3 is 16.0 Å². The minimum absolute atomic E-state index is 0.515. The Balaban J connectivity index is 1.52. The van der Waals surface area contributed by atoms with E-state index >= 15 is 0 Å². The van der Waals surface area contributed by atoms with Crippen LogP contribution in [0.1, 0.15) is 0 Å². The standard InChI is InChI=1S/C20H16N6/c21-16-3-1-2-4-18(16)23-20-24-19-8-6-15(12-26(19)25-20)13-5-7-17-14(11-13)9-10-22-17/h1-12,22H,21H2,(H,23,25). The van der Waals surface area contributed by atoms with E-state index in [1.165, 1.54) is 5.39 Å². The highest BCUT2D eigenvalue weighted by Crippen LogP contribution is 2.25. The summed E-state index contributed by atoms with van der Waals surface area (Å²) < 4.78 is 1.78. The van der Waals surface area contributed by atoms with E-state index < -0.39 is 0 Å². The number of nitrogens with zero attached hydrogens (tertiary/aromatic N) is 3. The minimum atomic E-state index is 0.515. The Morgan fingerprint density at radius 1 is 0.962 bits per heavy atom. The Morgan fingerprint density at radius 3 is 2.77 bits per heavy atom. The van der Waals surface area contributed by atoms with Crippen LogP contribution >= 0.6 is 0 Å². The summed E-state index contributed by atoms with van der Waals surface area (Å²) in [7, 11) is 0. The van der Waals surface area contributed by atoms with Crippen LogP contribution in [0.5, 0.6) is 0 Å². The summed E-state index contributed by atoms with van der Waals surface area (Å²) in [6.45, 7) is 0. The number of nitrogen functional groups attached to an aromatic ring is 1. The lowest BCUT2D eigenvalue weighted by Gasteiger charge is -2.04. The number of hydrogen-bond donors (Lipinski definition) is 3. The summed E-state index contributed by atoms with van der Waals surface area (Å²) in [5, 5.41) is 8.87. The molecule has 0 saturated carbocycles. The number of benzene rings is 2. The molecule has 0 unspecified atom stereocenters. The number of para-hydroxylation sites is 2. The third kappa shape index (κ3) is 2.44. The number of pyridine rings is 1. The monoisotopic (exact) mass is 340 g/mol. The first kappa shape index (κ1) is 14.5. The van der Waals surface area contributed by atoms with Crippen LogP contribution < -0.4 is 11.1 Å². The van der Waals surface area contributed by atoms with E-state index in [4.69, 9.17) is 5.73 Å². The average Bonchev–Trinajstić information content (AvgIpc) is 3.28. The number of aromatic amines is 1. The summed E-state index contributed by atoms with van der Waals surface area (Å²) >= 11 is 0. The highest BCUT2D eigenvalue weighted by molar-refractivity contribution is 5.85. The molecule has 3 heterocycles. The number of aromatic nitrogens is 4. The number of nitrogens with one attached hydrogen (secondary N) is 2. The summed E-state index contributed by atoms with van der Waals surface area (Å²) in [5.41, 5.74) is 11.5. The third-order valence-electron chi connectivity index (χ3n) is 4.42. The second kappa shape index (κ2) is 5.63. The smallest absolute Gasteiger partial charge is 0.247 e. The number of H-pyrrole nitrogens is 1. The molecule has 5 aromatic rings. The van der Waals surface area contributed by atoms with Gasteiger partial charge in [0, 0.05) is 23.5 Å². The molecule has 126 valence electrons. The van der Waals surface area contributed by atoms with Crippen LogP contribution in [0.4, 0.5) is 17.3 Å². The molecule has 3 aromatic heterocycles.